The molecule has 2 heteroatoms. The molecule has 178 valence electrons. The lowest BCUT2D eigenvalue weighted by molar-refractivity contribution is -0.232. The van der Waals surface area contributed by atoms with Crippen molar-refractivity contribution >= 4 is 11.6 Å². The van der Waals surface area contributed by atoms with Gasteiger partial charge in [0.2, 0.25) is 0 Å². The van der Waals surface area contributed by atoms with Crippen molar-refractivity contribution in [3.63, 3.8) is 0 Å². The molecule has 5 rings (SSSR count). The molecule has 5 aliphatic carbocycles. The second-order valence-corrected chi connectivity index (χ2v) is 14.5. The van der Waals surface area contributed by atoms with Crippen LogP contribution < -0.4 is 0 Å². The highest BCUT2D eigenvalue weighted by Gasteiger charge is 2.71. The van der Waals surface area contributed by atoms with Gasteiger partial charge in [-0.1, -0.05) is 53.7 Å². The van der Waals surface area contributed by atoms with Gasteiger partial charge in [-0.15, -0.1) is 0 Å². The molecule has 0 amide bonds. The Hall–Kier alpha value is -0.920. The van der Waals surface area contributed by atoms with Gasteiger partial charge in [-0.2, -0.15) is 0 Å². The molecule has 0 aliphatic heterocycles. The predicted octanol–water partition coefficient (Wildman–Crippen LogP) is 7.41. The molecule has 0 aromatic rings. The first-order valence-corrected chi connectivity index (χ1v) is 13.4. The van der Waals surface area contributed by atoms with Gasteiger partial charge in [-0.3, -0.25) is 9.59 Å². The van der Waals surface area contributed by atoms with Crippen molar-refractivity contribution in [2.75, 3.05) is 0 Å². The van der Waals surface area contributed by atoms with E-state index in [1.165, 1.54) is 38.5 Å². The fourth-order valence-electron chi connectivity index (χ4n) is 11.1. The zero-order chi connectivity index (χ0) is 23.5. The van der Waals surface area contributed by atoms with E-state index in [-0.39, 0.29) is 27.6 Å². The Balaban J connectivity index is 1.57. The van der Waals surface area contributed by atoms with Gasteiger partial charge >= 0.3 is 0 Å². The van der Waals surface area contributed by atoms with Crippen molar-refractivity contribution < 1.29 is 9.59 Å². The van der Waals surface area contributed by atoms with Crippen LogP contribution in [0.25, 0.3) is 0 Å². The lowest BCUT2D eigenvalue weighted by Crippen LogP contribution is -2.66. The van der Waals surface area contributed by atoms with E-state index in [9.17, 15) is 9.59 Å². The first-order chi connectivity index (χ1) is 14.7. The molecule has 9 atom stereocenters. The van der Waals surface area contributed by atoms with Gasteiger partial charge in [0.25, 0.3) is 0 Å². The van der Waals surface area contributed by atoms with Gasteiger partial charge in [0.15, 0.2) is 0 Å². The molecule has 9 unspecified atom stereocenters. The molecule has 5 aliphatic rings. The molecule has 0 N–H and O–H groups in total. The summed E-state index contributed by atoms with van der Waals surface area (Å²) in [5.74, 6) is 3.32. The van der Waals surface area contributed by atoms with Gasteiger partial charge in [-0.05, 0) is 97.2 Å². The average Bonchev–Trinajstić information content (AvgIpc) is 2.96. The average molecular weight is 439 g/mol. The summed E-state index contributed by atoms with van der Waals surface area (Å²) in [6.07, 6.45) is 10.0. The van der Waals surface area contributed by atoms with E-state index in [1.807, 2.05) is 0 Å². The van der Waals surface area contributed by atoms with Crippen molar-refractivity contribution in [1.29, 1.82) is 0 Å². The number of ketones is 2. The highest BCUT2D eigenvalue weighted by Crippen LogP contribution is 2.77. The van der Waals surface area contributed by atoms with Crippen molar-refractivity contribution in [2.45, 2.75) is 106 Å². The maximum atomic E-state index is 13.2. The van der Waals surface area contributed by atoms with Crippen LogP contribution in [0.2, 0.25) is 0 Å². The van der Waals surface area contributed by atoms with Gasteiger partial charge < -0.3 is 0 Å². The molecule has 5 saturated carbocycles. The largest absolute Gasteiger partial charge is 0.299 e. The summed E-state index contributed by atoms with van der Waals surface area (Å²) in [5.41, 5.74) is 1.92. The van der Waals surface area contributed by atoms with Gasteiger partial charge in [0.05, 0.1) is 0 Å². The molecular formula is C30H46O2. The number of hydrogen-bond acceptors (Lipinski definition) is 2. The van der Waals surface area contributed by atoms with Crippen molar-refractivity contribution in [3.8, 4) is 0 Å². The number of fused-ring (bicyclic) bond motifs is 7. The molecule has 5 fully saturated rings. The first-order valence-electron chi connectivity index (χ1n) is 13.4. The van der Waals surface area contributed by atoms with Crippen LogP contribution >= 0.6 is 0 Å². The Morgan fingerprint density at radius 2 is 1.53 bits per heavy atom. The molecule has 0 aromatic heterocycles. The van der Waals surface area contributed by atoms with Crippen LogP contribution in [0.5, 0.6) is 0 Å². The smallest absolute Gasteiger partial charge is 0.140 e. The number of hydrogen-bond donors (Lipinski definition) is 0. The predicted molar refractivity (Wildman–Crippen MR) is 130 cm³/mol. The molecule has 0 radical (unpaired) electrons. The minimum Gasteiger partial charge on any atom is -0.299 e. The number of allylic oxidation sites excluding steroid dienone is 1. The van der Waals surface area contributed by atoms with Crippen LogP contribution in [0.4, 0.5) is 0 Å². The lowest BCUT2D eigenvalue weighted by Gasteiger charge is -2.72. The van der Waals surface area contributed by atoms with E-state index in [0.29, 0.717) is 40.7 Å². The maximum Gasteiger partial charge on any atom is 0.140 e. The third-order valence-corrected chi connectivity index (χ3v) is 13.0. The highest BCUT2D eigenvalue weighted by atomic mass is 16.1. The molecular weight excluding hydrogens is 392 g/mol. The highest BCUT2D eigenvalue weighted by molar-refractivity contribution is 5.87. The second kappa shape index (κ2) is 6.60. The Morgan fingerprint density at radius 3 is 2.19 bits per heavy atom. The Labute approximate surface area is 196 Å². The summed E-state index contributed by atoms with van der Waals surface area (Å²) in [5, 5.41) is 0. The fraction of sp³-hybridized carbons (Fsp3) is 0.867. The minimum absolute atomic E-state index is 0.0722. The third kappa shape index (κ3) is 2.54. The number of carbonyl (C=O) groups is 2. The summed E-state index contributed by atoms with van der Waals surface area (Å²) in [4.78, 5) is 26.1. The summed E-state index contributed by atoms with van der Waals surface area (Å²) in [6, 6.07) is 0. The molecule has 0 saturated heterocycles. The van der Waals surface area contributed by atoms with E-state index in [4.69, 9.17) is 0 Å². The van der Waals surface area contributed by atoms with E-state index in [1.54, 1.807) is 0 Å². The van der Waals surface area contributed by atoms with Gasteiger partial charge in [-0.25, -0.2) is 0 Å². The SMILES string of the molecule is C=C(C)C1C(=O)CC2(C)CCC3(C)C(CCC4C5(C)CCC(=O)C(C)(C)C5CCC43C)C12. The third-order valence-electron chi connectivity index (χ3n) is 13.0. The second-order valence-electron chi connectivity index (χ2n) is 14.5. The molecule has 0 heterocycles. The van der Waals surface area contributed by atoms with Gasteiger partial charge in [0, 0.05) is 24.2 Å². The Morgan fingerprint density at radius 1 is 0.844 bits per heavy atom. The van der Waals surface area contributed by atoms with Crippen LogP contribution in [0.1, 0.15) is 106 Å². The number of Topliss-reactive ketones (excluding diaryl/α,β-unsaturated/α-hetero) is 2. The minimum atomic E-state index is -0.180. The normalized spacial score (nSPS) is 54.3. The number of rotatable bonds is 1. The summed E-state index contributed by atoms with van der Waals surface area (Å²) in [6.45, 7) is 21.1. The van der Waals surface area contributed by atoms with Crippen LogP contribution in [0, 0.1) is 56.7 Å². The van der Waals surface area contributed by atoms with Crippen LogP contribution in [-0.2, 0) is 9.59 Å². The molecule has 2 nitrogen and oxygen atoms in total. The quantitative estimate of drug-likeness (QED) is 0.399. The molecule has 0 spiro atoms. The first kappa shape index (κ1) is 22.9. The van der Waals surface area contributed by atoms with Crippen molar-refractivity contribution in [1.82, 2.24) is 0 Å². The Bertz CT molecular complexity index is 883. The molecule has 0 bridgehead atoms. The number of carbonyl (C=O) groups excluding carboxylic acids is 2. The molecule has 0 aromatic carbocycles. The van der Waals surface area contributed by atoms with Crippen molar-refractivity contribution in [2.24, 2.45) is 56.7 Å². The van der Waals surface area contributed by atoms with E-state index in [2.05, 4.69) is 55.0 Å². The maximum absolute atomic E-state index is 13.2. The fourth-order valence-corrected chi connectivity index (χ4v) is 11.1. The van der Waals surface area contributed by atoms with Crippen LogP contribution in [-0.4, -0.2) is 11.6 Å². The standard InChI is InChI=1S/C30H46O2/c1-18(2)24-20(31)17-27(5)15-16-29(7)19(25(24)27)9-10-22-28(6)13-12-23(32)26(3,4)21(28)11-14-30(22,29)8/h19,21-22,24-25H,1,9-17H2,2-8H3. The van der Waals surface area contributed by atoms with Gasteiger partial charge in [0.1, 0.15) is 11.6 Å². The lowest BCUT2D eigenvalue weighted by atomic mass is 9.32. The zero-order valence-electron chi connectivity index (χ0n) is 21.8. The van der Waals surface area contributed by atoms with Crippen LogP contribution in [0.15, 0.2) is 12.2 Å². The Kier molecular flexibility index (Phi) is 4.71. The summed E-state index contributed by atoms with van der Waals surface area (Å²) < 4.78 is 0. The van der Waals surface area contributed by atoms with E-state index in [0.717, 1.165) is 24.8 Å². The topological polar surface area (TPSA) is 34.1 Å². The van der Waals surface area contributed by atoms with E-state index < -0.39 is 0 Å². The van der Waals surface area contributed by atoms with E-state index >= 15 is 0 Å². The summed E-state index contributed by atoms with van der Waals surface area (Å²) >= 11 is 0. The zero-order valence-corrected chi connectivity index (χ0v) is 21.8. The van der Waals surface area contributed by atoms with Crippen LogP contribution in [0.3, 0.4) is 0 Å². The monoisotopic (exact) mass is 438 g/mol. The van der Waals surface area contributed by atoms with Crippen molar-refractivity contribution in [3.05, 3.63) is 12.2 Å². The molecule has 32 heavy (non-hydrogen) atoms. The summed E-state index contributed by atoms with van der Waals surface area (Å²) in [7, 11) is 0.